The van der Waals surface area contributed by atoms with Crippen LogP contribution >= 0.6 is 0 Å². The number of hydrogen-bond donors (Lipinski definition) is 1. The molecule has 1 saturated heterocycles. The molecule has 2 atom stereocenters. The average molecular weight is 370 g/mol. The second-order valence-corrected chi connectivity index (χ2v) is 7.79. The summed E-state index contributed by atoms with van der Waals surface area (Å²) in [4.78, 5) is 23.1. The van der Waals surface area contributed by atoms with Crippen molar-refractivity contribution >= 4 is 21.9 Å². The maximum absolute atomic E-state index is 12.8. The van der Waals surface area contributed by atoms with Gasteiger partial charge in [0.1, 0.15) is 0 Å². The third-order valence-corrected chi connectivity index (χ3v) is 5.53. The van der Waals surface area contributed by atoms with Crippen LogP contribution in [0.4, 0.5) is 0 Å². The summed E-state index contributed by atoms with van der Waals surface area (Å²) < 4.78 is 37.4. The van der Waals surface area contributed by atoms with Gasteiger partial charge in [0.25, 0.3) is 5.91 Å². The molecule has 1 aromatic carbocycles. The SMILES string of the molecule is CNC(=O)COC(=O)c1cccc(S(=O)(=O)N2C[C@@H](C)O[C@H](C)C2)c1. The molecule has 1 amide bonds. The molecule has 0 unspecified atom stereocenters. The van der Waals surface area contributed by atoms with Crippen LogP contribution in [0.25, 0.3) is 0 Å². The Morgan fingerprint density at radius 3 is 2.52 bits per heavy atom. The number of carbonyl (C=O) groups is 2. The molecule has 8 nitrogen and oxygen atoms in total. The van der Waals surface area contributed by atoms with Gasteiger partial charge in [-0.25, -0.2) is 13.2 Å². The molecule has 1 heterocycles. The molecular formula is C16H22N2O6S. The summed E-state index contributed by atoms with van der Waals surface area (Å²) in [6, 6.07) is 5.59. The van der Waals surface area contributed by atoms with Crippen molar-refractivity contribution in [2.45, 2.75) is 31.0 Å². The van der Waals surface area contributed by atoms with Gasteiger partial charge in [-0.1, -0.05) is 6.07 Å². The number of ether oxygens (including phenoxy) is 2. The van der Waals surface area contributed by atoms with Gasteiger partial charge < -0.3 is 14.8 Å². The molecule has 0 aromatic heterocycles. The first kappa shape index (κ1) is 19.4. The molecule has 0 bridgehead atoms. The highest BCUT2D eigenvalue weighted by molar-refractivity contribution is 7.89. The van der Waals surface area contributed by atoms with Crippen molar-refractivity contribution < 1.29 is 27.5 Å². The van der Waals surface area contributed by atoms with E-state index in [0.717, 1.165) is 0 Å². The minimum absolute atomic E-state index is 0.00296. The zero-order valence-corrected chi connectivity index (χ0v) is 15.2. The standard InChI is InChI=1S/C16H22N2O6S/c1-11-8-18(9-12(2)24-11)25(21,22)14-6-4-5-13(7-14)16(20)23-10-15(19)17-3/h4-7,11-12H,8-10H2,1-3H3,(H,17,19)/t11-,12-/m1/s1. The zero-order chi connectivity index (χ0) is 18.6. The van der Waals surface area contributed by atoms with Gasteiger partial charge in [0.15, 0.2) is 6.61 Å². The minimum Gasteiger partial charge on any atom is -0.452 e. The Morgan fingerprint density at radius 1 is 1.28 bits per heavy atom. The highest BCUT2D eigenvalue weighted by Gasteiger charge is 2.32. The molecule has 0 spiro atoms. The Labute approximate surface area is 147 Å². The van der Waals surface area contributed by atoms with Crippen LogP contribution in [0.15, 0.2) is 29.2 Å². The lowest BCUT2D eigenvalue weighted by Crippen LogP contribution is -2.48. The van der Waals surface area contributed by atoms with Crippen molar-refractivity contribution in [3.8, 4) is 0 Å². The highest BCUT2D eigenvalue weighted by atomic mass is 32.2. The number of nitrogens with one attached hydrogen (secondary N) is 1. The molecule has 9 heteroatoms. The first-order valence-corrected chi connectivity index (χ1v) is 9.31. The number of hydrogen-bond acceptors (Lipinski definition) is 6. The summed E-state index contributed by atoms with van der Waals surface area (Å²) in [5.41, 5.74) is 0.0688. The van der Waals surface area contributed by atoms with Crippen LogP contribution in [0.1, 0.15) is 24.2 Å². The van der Waals surface area contributed by atoms with Crippen molar-refractivity contribution in [3.05, 3.63) is 29.8 Å². The third-order valence-electron chi connectivity index (χ3n) is 3.71. The first-order chi connectivity index (χ1) is 11.7. The molecule has 1 N–H and O–H groups in total. The van der Waals surface area contributed by atoms with Crippen LogP contribution in [0.5, 0.6) is 0 Å². The summed E-state index contributed by atoms with van der Waals surface area (Å²) in [5.74, 6) is -1.21. The predicted molar refractivity (Wildman–Crippen MR) is 89.6 cm³/mol. The summed E-state index contributed by atoms with van der Waals surface area (Å²) in [6.45, 7) is 3.69. The van der Waals surface area contributed by atoms with Crippen molar-refractivity contribution in [2.24, 2.45) is 0 Å². The van der Waals surface area contributed by atoms with Crippen molar-refractivity contribution in [1.29, 1.82) is 0 Å². The van der Waals surface area contributed by atoms with E-state index in [1.54, 1.807) is 0 Å². The van der Waals surface area contributed by atoms with Crippen LogP contribution in [-0.2, 0) is 24.3 Å². The predicted octanol–water partition coefficient (Wildman–Crippen LogP) is 0.387. The molecule has 0 radical (unpaired) electrons. The van der Waals surface area contributed by atoms with E-state index in [2.05, 4.69) is 5.32 Å². The number of morpholine rings is 1. The van der Waals surface area contributed by atoms with Crippen molar-refractivity contribution in [1.82, 2.24) is 9.62 Å². The van der Waals surface area contributed by atoms with Gasteiger partial charge in [0.05, 0.1) is 22.7 Å². The molecule has 1 fully saturated rings. The molecule has 138 valence electrons. The molecule has 2 rings (SSSR count). The monoisotopic (exact) mass is 370 g/mol. The van der Waals surface area contributed by atoms with Gasteiger partial charge in [-0.05, 0) is 32.0 Å². The molecule has 0 aliphatic carbocycles. The Bertz CT molecular complexity index is 739. The number of amides is 1. The molecular weight excluding hydrogens is 348 g/mol. The van der Waals surface area contributed by atoms with Crippen LogP contribution in [0.2, 0.25) is 0 Å². The summed E-state index contributed by atoms with van der Waals surface area (Å²) in [6.07, 6.45) is -0.418. The lowest BCUT2D eigenvalue weighted by molar-refractivity contribution is -0.123. The van der Waals surface area contributed by atoms with Gasteiger partial charge >= 0.3 is 5.97 Å². The van der Waals surface area contributed by atoms with E-state index in [1.807, 2.05) is 13.8 Å². The number of rotatable bonds is 5. The number of nitrogens with zero attached hydrogens (tertiary/aromatic N) is 1. The van der Waals surface area contributed by atoms with E-state index in [0.29, 0.717) is 0 Å². The van der Waals surface area contributed by atoms with Gasteiger partial charge in [0.2, 0.25) is 10.0 Å². The average Bonchev–Trinajstić information content (AvgIpc) is 2.58. The second-order valence-electron chi connectivity index (χ2n) is 5.86. The number of sulfonamides is 1. The maximum Gasteiger partial charge on any atom is 0.338 e. The lowest BCUT2D eigenvalue weighted by atomic mass is 10.2. The fraction of sp³-hybridized carbons (Fsp3) is 0.500. The van der Waals surface area contributed by atoms with Gasteiger partial charge in [-0.3, -0.25) is 4.79 Å². The summed E-state index contributed by atoms with van der Waals surface area (Å²) >= 11 is 0. The quantitative estimate of drug-likeness (QED) is 0.752. The Morgan fingerprint density at radius 2 is 1.92 bits per heavy atom. The maximum atomic E-state index is 12.8. The fourth-order valence-corrected chi connectivity index (χ4v) is 4.18. The van der Waals surface area contributed by atoms with E-state index in [1.165, 1.54) is 35.6 Å². The normalized spacial score (nSPS) is 21.6. The zero-order valence-electron chi connectivity index (χ0n) is 14.4. The molecule has 25 heavy (non-hydrogen) atoms. The van der Waals surface area contributed by atoms with Gasteiger partial charge in [-0.2, -0.15) is 4.31 Å². The lowest BCUT2D eigenvalue weighted by Gasteiger charge is -2.34. The largest absolute Gasteiger partial charge is 0.452 e. The van der Waals surface area contributed by atoms with Crippen LogP contribution in [0, 0.1) is 0 Å². The molecule has 1 aliphatic heterocycles. The molecule has 1 aromatic rings. The molecule has 1 aliphatic rings. The highest BCUT2D eigenvalue weighted by Crippen LogP contribution is 2.22. The number of likely N-dealkylation sites (N-methyl/N-ethyl adjacent to an activating group) is 1. The number of carbonyl (C=O) groups excluding carboxylic acids is 2. The van der Waals surface area contributed by atoms with E-state index in [4.69, 9.17) is 9.47 Å². The minimum atomic E-state index is -3.75. The fourth-order valence-electron chi connectivity index (χ4n) is 2.55. The van der Waals surface area contributed by atoms with E-state index >= 15 is 0 Å². The number of benzene rings is 1. The third kappa shape index (κ3) is 4.77. The van der Waals surface area contributed by atoms with Crippen molar-refractivity contribution in [2.75, 3.05) is 26.7 Å². The number of esters is 1. The first-order valence-electron chi connectivity index (χ1n) is 7.87. The molecule has 0 saturated carbocycles. The second kappa shape index (κ2) is 7.94. The van der Waals surface area contributed by atoms with E-state index in [-0.39, 0.29) is 35.8 Å². The Balaban J connectivity index is 2.19. The van der Waals surface area contributed by atoms with Gasteiger partial charge in [-0.15, -0.1) is 0 Å². The topological polar surface area (TPSA) is 102 Å². The Hall–Kier alpha value is -1.97. The van der Waals surface area contributed by atoms with Crippen LogP contribution < -0.4 is 5.32 Å². The van der Waals surface area contributed by atoms with Crippen molar-refractivity contribution in [3.63, 3.8) is 0 Å². The van der Waals surface area contributed by atoms with Crippen LogP contribution in [0.3, 0.4) is 0 Å². The Kier molecular flexibility index (Phi) is 6.15. The summed E-state index contributed by atoms with van der Waals surface area (Å²) in [7, 11) is -2.33. The smallest absolute Gasteiger partial charge is 0.338 e. The van der Waals surface area contributed by atoms with E-state index in [9.17, 15) is 18.0 Å². The van der Waals surface area contributed by atoms with Crippen LogP contribution in [-0.4, -0.2) is 63.6 Å². The summed E-state index contributed by atoms with van der Waals surface area (Å²) in [5, 5.41) is 2.33. The van der Waals surface area contributed by atoms with Gasteiger partial charge in [0, 0.05) is 20.1 Å². The van der Waals surface area contributed by atoms with E-state index < -0.39 is 28.5 Å².